The lowest BCUT2D eigenvalue weighted by Crippen LogP contribution is -1.92. The Morgan fingerprint density at radius 2 is 2.00 bits per heavy atom. The standard InChI is InChI=1S/C9H11N/c1-8-5-3-2-4-6-9(10)7-8/h2-7H,10H2,1H3/b3-2?,4-2-,5-3-,6-4?,8-5?,8-7-,9-6+,9-7?. The number of rotatable bonds is 0. The van der Waals surface area contributed by atoms with E-state index in [4.69, 9.17) is 5.73 Å². The minimum Gasteiger partial charge on any atom is -0.399 e. The van der Waals surface area contributed by atoms with Gasteiger partial charge in [0.25, 0.3) is 0 Å². The van der Waals surface area contributed by atoms with E-state index in [0.717, 1.165) is 5.70 Å². The van der Waals surface area contributed by atoms with Crippen molar-refractivity contribution in [3.05, 3.63) is 47.7 Å². The van der Waals surface area contributed by atoms with Crippen molar-refractivity contribution in [1.82, 2.24) is 0 Å². The lowest BCUT2D eigenvalue weighted by atomic mass is 10.2. The maximum absolute atomic E-state index is 5.59. The van der Waals surface area contributed by atoms with Crippen LogP contribution in [-0.2, 0) is 0 Å². The molecule has 1 rings (SSSR count). The van der Waals surface area contributed by atoms with Crippen LogP contribution in [-0.4, -0.2) is 0 Å². The van der Waals surface area contributed by atoms with Gasteiger partial charge in [0.05, 0.1) is 0 Å². The first-order chi connectivity index (χ1) is 4.79. The van der Waals surface area contributed by atoms with Crippen LogP contribution in [0.5, 0.6) is 0 Å². The largest absolute Gasteiger partial charge is 0.399 e. The molecule has 10 heavy (non-hydrogen) atoms. The lowest BCUT2D eigenvalue weighted by molar-refractivity contribution is 1.37. The van der Waals surface area contributed by atoms with E-state index < -0.39 is 0 Å². The Labute approximate surface area is 61.2 Å². The Hall–Kier alpha value is -1.24. The van der Waals surface area contributed by atoms with Crippen LogP contribution in [0.1, 0.15) is 6.92 Å². The molecular formula is C9H11N. The zero-order valence-electron chi connectivity index (χ0n) is 6.04. The monoisotopic (exact) mass is 133 g/mol. The van der Waals surface area contributed by atoms with E-state index in [9.17, 15) is 0 Å². The van der Waals surface area contributed by atoms with Crippen LogP contribution in [0.25, 0.3) is 0 Å². The molecule has 1 aliphatic carbocycles. The summed E-state index contributed by atoms with van der Waals surface area (Å²) in [6.07, 6.45) is 11.7. The number of nitrogens with two attached hydrogens (primary N) is 1. The highest BCUT2D eigenvalue weighted by Crippen LogP contribution is 2.02. The van der Waals surface area contributed by atoms with Crippen LogP contribution in [0, 0.1) is 0 Å². The van der Waals surface area contributed by atoms with E-state index in [0.29, 0.717) is 0 Å². The van der Waals surface area contributed by atoms with E-state index in [1.165, 1.54) is 5.57 Å². The average Bonchev–Trinajstić information content (AvgIpc) is 1.83. The van der Waals surface area contributed by atoms with Crippen molar-refractivity contribution in [1.29, 1.82) is 0 Å². The molecule has 0 unspecified atom stereocenters. The first-order valence-electron chi connectivity index (χ1n) is 3.28. The van der Waals surface area contributed by atoms with Gasteiger partial charge in [-0.05, 0) is 24.6 Å². The second-order valence-corrected chi connectivity index (χ2v) is 2.30. The van der Waals surface area contributed by atoms with E-state index in [1.807, 2.05) is 43.4 Å². The summed E-state index contributed by atoms with van der Waals surface area (Å²) < 4.78 is 0. The number of allylic oxidation sites excluding steroid dienone is 7. The van der Waals surface area contributed by atoms with Gasteiger partial charge in [-0.1, -0.05) is 24.3 Å². The summed E-state index contributed by atoms with van der Waals surface area (Å²) in [7, 11) is 0. The third-order valence-electron chi connectivity index (χ3n) is 1.26. The average molecular weight is 133 g/mol. The van der Waals surface area contributed by atoms with Crippen LogP contribution in [0.2, 0.25) is 0 Å². The van der Waals surface area contributed by atoms with Gasteiger partial charge in [0.15, 0.2) is 0 Å². The fraction of sp³-hybridized carbons (Fsp3) is 0.111. The SMILES string of the molecule is CC1=C/C(N)=C\C=C/C=C\1. The summed E-state index contributed by atoms with van der Waals surface area (Å²) in [5.41, 5.74) is 7.58. The Kier molecular flexibility index (Phi) is 2.11. The zero-order chi connectivity index (χ0) is 7.40. The molecule has 0 aromatic rings. The maximum atomic E-state index is 5.59. The van der Waals surface area contributed by atoms with Gasteiger partial charge >= 0.3 is 0 Å². The van der Waals surface area contributed by atoms with Gasteiger partial charge in [-0.2, -0.15) is 0 Å². The van der Waals surface area contributed by atoms with Gasteiger partial charge in [0, 0.05) is 5.70 Å². The van der Waals surface area contributed by atoms with Crippen molar-refractivity contribution in [2.75, 3.05) is 0 Å². The molecule has 0 spiro atoms. The van der Waals surface area contributed by atoms with E-state index in [-0.39, 0.29) is 0 Å². The van der Waals surface area contributed by atoms with Crippen molar-refractivity contribution in [2.24, 2.45) is 5.73 Å². The highest BCUT2D eigenvalue weighted by Gasteiger charge is 1.85. The van der Waals surface area contributed by atoms with Crippen molar-refractivity contribution in [3.63, 3.8) is 0 Å². The molecule has 0 aromatic heterocycles. The van der Waals surface area contributed by atoms with Crippen molar-refractivity contribution in [2.45, 2.75) is 6.92 Å². The Morgan fingerprint density at radius 1 is 1.20 bits per heavy atom. The molecule has 0 radical (unpaired) electrons. The molecule has 0 aromatic carbocycles. The molecule has 1 aliphatic rings. The number of hydrogen-bond acceptors (Lipinski definition) is 1. The molecule has 0 saturated carbocycles. The molecule has 1 nitrogen and oxygen atoms in total. The predicted octanol–water partition coefficient (Wildman–Crippen LogP) is 1.90. The molecule has 0 saturated heterocycles. The maximum Gasteiger partial charge on any atom is 0.0316 e. The molecule has 52 valence electrons. The van der Waals surface area contributed by atoms with Crippen LogP contribution in [0.4, 0.5) is 0 Å². The highest BCUT2D eigenvalue weighted by molar-refractivity contribution is 5.33. The minimum absolute atomic E-state index is 0.804. The topological polar surface area (TPSA) is 26.0 Å². The van der Waals surface area contributed by atoms with E-state index >= 15 is 0 Å². The van der Waals surface area contributed by atoms with Crippen LogP contribution < -0.4 is 5.73 Å². The van der Waals surface area contributed by atoms with Gasteiger partial charge in [0.1, 0.15) is 0 Å². The van der Waals surface area contributed by atoms with Crippen LogP contribution in [0.3, 0.4) is 0 Å². The van der Waals surface area contributed by atoms with E-state index in [1.54, 1.807) is 0 Å². The summed E-state index contributed by atoms with van der Waals surface area (Å²) >= 11 is 0. The molecule has 0 bridgehead atoms. The zero-order valence-corrected chi connectivity index (χ0v) is 6.04. The Morgan fingerprint density at radius 3 is 2.80 bits per heavy atom. The summed E-state index contributed by atoms with van der Waals surface area (Å²) in [6.45, 7) is 2.02. The summed E-state index contributed by atoms with van der Waals surface area (Å²) in [5, 5.41) is 0. The third kappa shape index (κ3) is 1.94. The fourth-order valence-electron chi connectivity index (χ4n) is 0.797. The van der Waals surface area contributed by atoms with Gasteiger partial charge in [-0.3, -0.25) is 0 Å². The van der Waals surface area contributed by atoms with Gasteiger partial charge in [-0.15, -0.1) is 0 Å². The smallest absolute Gasteiger partial charge is 0.0316 e. The molecule has 1 heteroatoms. The fourth-order valence-corrected chi connectivity index (χ4v) is 0.797. The van der Waals surface area contributed by atoms with Gasteiger partial charge in [-0.25, -0.2) is 0 Å². The van der Waals surface area contributed by atoms with Crippen molar-refractivity contribution >= 4 is 0 Å². The van der Waals surface area contributed by atoms with Crippen LogP contribution >= 0.6 is 0 Å². The van der Waals surface area contributed by atoms with Gasteiger partial charge in [0.2, 0.25) is 0 Å². The lowest BCUT2D eigenvalue weighted by Gasteiger charge is -1.95. The Balaban J connectivity index is 2.89. The van der Waals surface area contributed by atoms with E-state index in [2.05, 4.69) is 0 Å². The van der Waals surface area contributed by atoms with Crippen molar-refractivity contribution < 1.29 is 0 Å². The number of hydrogen-bond donors (Lipinski definition) is 1. The molecule has 0 atom stereocenters. The quantitative estimate of drug-likeness (QED) is 0.536. The first kappa shape index (κ1) is 6.87. The summed E-state index contributed by atoms with van der Waals surface area (Å²) in [5.74, 6) is 0. The molecule has 0 amide bonds. The Bertz CT molecular complexity index is 226. The van der Waals surface area contributed by atoms with Gasteiger partial charge < -0.3 is 5.73 Å². The molecule has 0 fully saturated rings. The molecular weight excluding hydrogens is 122 g/mol. The molecule has 0 heterocycles. The molecule has 0 aliphatic heterocycles. The highest BCUT2D eigenvalue weighted by atomic mass is 14.5. The normalized spacial score (nSPS) is 34.1. The second-order valence-electron chi connectivity index (χ2n) is 2.30. The minimum atomic E-state index is 0.804. The third-order valence-corrected chi connectivity index (χ3v) is 1.26. The second kappa shape index (κ2) is 3.06. The predicted molar refractivity (Wildman–Crippen MR) is 44.3 cm³/mol. The molecule has 2 N–H and O–H groups in total. The van der Waals surface area contributed by atoms with Crippen LogP contribution in [0.15, 0.2) is 47.7 Å². The summed E-state index contributed by atoms with van der Waals surface area (Å²) in [6, 6.07) is 0. The first-order valence-corrected chi connectivity index (χ1v) is 3.28. The van der Waals surface area contributed by atoms with Crippen molar-refractivity contribution in [3.8, 4) is 0 Å². The summed E-state index contributed by atoms with van der Waals surface area (Å²) in [4.78, 5) is 0.